The van der Waals surface area contributed by atoms with Crippen molar-refractivity contribution in [3.8, 4) is 5.75 Å². The Hall–Kier alpha value is -2.05. The van der Waals surface area contributed by atoms with Crippen LogP contribution in [0, 0.1) is 0 Å². The summed E-state index contributed by atoms with van der Waals surface area (Å²) in [5, 5.41) is 3.32. The number of nitrogens with one attached hydrogen (secondary N) is 1. The predicted molar refractivity (Wildman–Crippen MR) is 87.8 cm³/mol. The summed E-state index contributed by atoms with van der Waals surface area (Å²) in [6.45, 7) is 0. The molecule has 3 rings (SSSR count). The van der Waals surface area contributed by atoms with Crippen LogP contribution in [0.5, 0.6) is 5.75 Å². The lowest BCUT2D eigenvalue weighted by Gasteiger charge is -2.11. The Labute approximate surface area is 139 Å². The van der Waals surface area contributed by atoms with Crippen LogP contribution in [0.3, 0.4) is 0 Å². The topological polar surface area (TPSA) is 72.5 Å². The van der Waals surface area contributed by atoms with E-state index in [1.165, 1.54) is 12.1 Å². The minimum absolute atomic E-state index is 0.203. The van der Waals surface area contributed by atoms with Crippen LogP contribution in [0.2, 0.25) is 5.02 Å². The van der Waals surface area contributed by atoms with Crippen molar-refractivity contribution >= 4 is 33.0 Å². The maximum absolute atomic E-state index is 12.3. The molecule has 0 bridgehead atoms. The lowest BCUT2D eigenvalue weighted by molar-refractivity contribution is -0.122. The fourth-order valence-corrected chi connectivity index (χ4v) is 3.20. The first-order valence-electron chi connectivity index (χ1n) is 6.89. The number of fused-ring (bicyclic) bond motifs is 1. The Morgan fingerprint density at radius 1 is 1.22 bits per heavy atom. The predicted octanol–water partition coefficient (Wildman–Crippen LogP) is 2.69. The number of sulfone groups is 1. The van der Waals surface area contributed by atoms with Crippen LogP contribution in [-0.4, -0.2) is 26.7 Å². The third kappa shape index (κ3) is 3.48. The van der Waals surface area contributed by atoms with Gasteiger partial charge in [-0.05, 0) is 48.0 Å². The van der Waals surface area contributed by atoms with Gasteiger partial charge in [0.15, 0.2) is 15.9 Å². The van der Waals surface area contributed by atoms with E-state index in [4.69, 9.17) is 16.3 Å². The van der Waals surface area contributed by atoms with Gasteiger partial charge in [-0.1, -0.05) is 11.6 Å². The van der Waals surface area contributed by atoms with Crippen LogP contribution in [0.15, 0.2) is 47.4 Å². The molecule has 2 aromatic rings. The molecule has 0 saturated carbocycles. The Bertz CT molecular complexity index is 862. The van der Waals surface area contributed by atoms with Crippen molar-refractivity contribution in [2.45, 2.75) is 17.4 Å². The Morgan fingerprint density at radius 3 is 2.57 bits per heavy atom. The molecular weight excluding hydrogens is 338 g/mol. The molecule has 0 spiro atoms. The molecule has 0 fully saturated rings. The van der Waals surface area contributed by atoms with E-state index in [0.717, 1.165) is 11.8 Å². The number of rotatable bonds is 3. The van der Waals surface area contributed by atoms with Crippen molar-refractivity contribution in [3.63, 3.8) is 0 Å². The standard InChI is InChI=1S/C16H14ClNO4S/c1-23(20,21)13-5-3-12(4-6-13)18-16(19)15-9-10-8-11(17)2-7-14(10)22-15/h2-8,15H,9H2,1H3,(H,18,19). The molecule has 1 heterocycles. The molecule has 5 nitrogen and oxygen atoms in total. The third-order valence-corrected chi connectivity index (χ3v) is 4.90. The SMILES string of the molecule is CS(=O)(=O)c1ccc(NC(=O)C2Cc3cc(Cl)ccc3O2)cc1. The van der Waals surface area contributed by atoms with Gasteiger partial charge in [-0.2, -0.15) is 0 Å². The van der Waals surface area contributed by atoms with Gasteiger partial charge in [0.1, 0.15) is 5.75 Å². The summed E-state index contributed by atoms with van der Waals surface area (Å²) in [6, 6.07) is 11.2. The number of carbonyl (C=O) groups is 1. The largest absolute Gasteiger partial charge is 0.480 e. The van der Waals surface area contributed by atoms with Crippen molar-refractivity contribution in [2.24, 2.45) is 0 Å². The average molecular weight is 352 g/mol. The smallest absolute Gasteiger partial charge is 0.265 e. The summed E-state index contributed by atoms with van der Waals surface area (Å²) < 4.78 is 28.4. The van der Waals surface area contributed by atoms with Gasteiger partial charge in [-0.15, -0.1) is 0 Å². The maximum Gasteiger partial charge on any atom is 0.265 e. The van der Waals surface area contributed by atoms with Crippen LogP contribution < -0.4 is 10.1 Å². The van der Waals surface area contributed by atoms with Gasteiger partial charge in [0, 0.05) is 23.4 Å². The Kier molecular flexibility index (Phi) is 4.04. The number of benzene rings is 2. The molecule has 0 saturated heterocycles. The van der Waals surface area contributed by atoms with Gasteiger partial charge < -0.3 is 10.1 Å². The monoisotopic (exact) mass is 351 g/mol. The minimum Gasteiger partial charge on any atom is -0.480 e. The molecule has 23 heavy (non-hydrogen) atoms. The number of anilines is 1. The van der Waals surface area contributed by atoms with Crippen LogP contribution in [0.1, 0.15) is 5.56 Å². The highest BCUT2D eigenvalue weighted by molar-refractivity contribution is 7.90. The highest BCUT2D eigenvalue weighted by atomic mass is 35.5. The van der Waals surface area contributed by atoms with E-state index in [9.17, 15) is 13.2 Å². The van der Waals surface area contributed by atoms with Crippen LogP contribution >= 0.6 is 11.6 Å². The van der Waals surface area contributed by atoms with Gasteiger partial charge in [0.25, 0.3) is 5.91 Å². The van der Waals surface area contributed by atoms with Crippen molar-refractivity contribution in [2.75, 3.05) is 11.6 Å². The molecule has 7 heteroatoms. The second-order valence-electron chi connectivity index (χ2n) is 5.35. The van der Waals surface area contributed by atoms with Gasteiger partial charge in [0.05, 0.1) is 4.90 Å². The van der Waals surface area contributed by atoms with E-state index < -0.39 is 15.9 Å². The summed E-state index contributed by atoms with van der Waals surface area (Å²) in [5.74, 6) is 0.367. The van der Waals surface area contributed by atoms with Crippen molar-refractivity contribution < 1.29 is 17.9 Å². The molecule has 1 amide bonds. The number of hydrogen-bond donors (Lipinski definition) is 1. The molecule has 1 aliphatic rings. The lowest BCUT2D eigenvalue weighted by Crippen LogP contribution is -2.31. The normalized spacial score (nSPS) is 16.5. The summed E-state index contributed by atoms with van der Waals surface area (Å²) in [7, 11) is -3.25. The second-order valence-corrected chi connectivity index (χ2v) is 7.80. The number of ether oxygens (including phenoxy) is 1. The molecule has 0 radical (unpaired) electrons. The zero-order valence-corrected chi connectivity index (χ0v) is 13.8. The molecule has 1 N–H and O–H groups in total. The first-order valence-corrected chi connectivity index (χ1v) is 9.16. The number of carbonyl (C=O) groups excluding carboxylic acids is 1. The zero-order chi connectivity index (χ0) is 16.6. The summed E-state index contributed by atoms with van der Waals surface area (Å²) in [6.07, 6.45) is 0.955. The van der Waals surface area contributed by atoms with Crippen LogP contribution in [-0.2, 0) is 21.1 Å². The quantitative estimate of drug-likeness (QED) is 0.922. The Morgan fingerprint density at radius 2 is 1.91 bits per heavy atom. The fraction of sp³-hybridized carbons (Fsp3) is 0.188. The highest BCUT2D eigenvalue weighted by Gasteiger charge is 2.29. The fourth-order valence-electron chi connectivity index (χ4n) is 2.37. The Balaban J connectivity index is 1.69. The molecular formula is C16H14ClNO4S. The molecule has 1 aliphatic heterocycles. The second kappa shape index (κ2) is 5.86. The molecule has 120 valence electrons. The van der Waals surface area contributed by atoms with E-state index in [2.05, 4.69) is 5.32 Å². The number of amides is 1. The summed E-state index contributed by atoms with van der Waals surface area (Å²) >= 11 is 5.93. The first kappa shape index (κ1) is 15.8. The van der Waals surface area contributed by atoms with E-state index in [0.29, 0.717) is 22.9 Å². The third-order valence-electron chi connectivity index (χ3n) is 3.54. The number of hydrogen-bond acceptors (Lipinski definition) is 4. The zero-order valence-electron chi connectivity index (χ0n) is 12.2. The van der Waals surface area contributed by atoms with Crippen LogP contribution in [0.4, 0.5) is 5.69 Å². The van der Waals surface area contributed by atoms with Gasteiger partial charge in [0.2, 0.25) is 0 Å². The number of halogens is 1. The van der Waals surface area contributed by atoms with E-state index in [1.807, 2.05) is 0 Å². The van der Waals surface area contributed by atoms with E-state index in [1.54, 1.807) is 30.3 Å². The maximum atomic E-state index is 12.3. The van der Waals surface area contributed by atoms with Crippen LogP contribution in [0.25, 0.3) is 0 Å². The minimum atomic E-state index is -3.25. The van der Waals surface area contributed by atoms with Crippen molar-refractivity contribution in [1.29, 1.82) is 0 Å². The van der Waals surface area contributed by atoms with Gasteiger partial charge >= 0.3 is 0 Å². The highest BCUT2D eigenvalue weighted by Crippen LogP contribution is 2.31. The molecule has 0 aromatic heterocycles. The van der Waals surface area contributed by atoms with Crippen molar-refractivity contribution in [1.82, 2.24) is 0 Å². The molecule has 2 aromatic carbocycles. The summed E-state index contributed by atoms with van der Waals surface area (Å²) in [4.78, 5) is 12.5. The van der Waals surface area contributed by atoms with Crippen molar-refractivity contribution in [3.05, 3.63) is 53.1 Å². The molecule has 1 atom stereocenters. The average Bonchev–Trinajstić information content (AvgIpc) is 2.90. The molecule has 0 aliphatic carbocycles. The lowest BCUT2D eigenvalue weighted by atomic mass is 10.1. The summed E-state index contributed by atoms with van der Waals surface area (Å²) in [5.41, 5.74) is 1.41. The molecule has 1 unspecified atom stereocenters. The van der Waals surface area contributed by atoms with Gasteiger partial charge in [-0.3, -0.25) is 4.79 Å². The van der Waals surface area contributed by atoms with E-state index >= 15 is 0 Å². The van der Waals surface area contributed by atoms with E-state index in [-0.39, 0.29) is 10.8 Å². The van der Waals surface area contributed by atoms with Gasteiger partial charge in [-0.25, -0.2) is 8.42 Å². The first-order chi connectivity index (χ1) is 10.8.